The summed E-state index contributed by atoms with van der Waals surface area (Å²) in [6.07, 6.45) is 0.431. The number of quaternary nitrogens is 1. The van der Waals surface area contributed by atoms with Crippen molar-refractivity contribution >= 4 is 23.2 Å². The Kier molecular flexibility index (Phi) is 7.76. The van der Waals surface area contributed by atoms with Gasteiger partial charge >= 0.3 is 11.8 Å². The Morgan fingerprint density at radius 2 is 1.72 bits per heavy atom. The molecule has 8 heteroatoms. The Bertz CT molecular complexity index is 808. The van der Waals surface area contributed by atoms with Crippen molar-refractivity contribution in [3.05, 3.63) is 57.8 Å². The Balaban J connectivity index is 1.61. The Hall–Kier alpha value is -2.26. The molecule has 1 unspecified atom stereocenters. The standard InChI is InChI=1S/C21H27N3O4S/c1-27-19(28-2)13-23-21(26)20(25)22-12-17(18-8-5-11-29-18)24-10-9-15-6-3-4-7-16(15)14-24/h3-8,11,17,19H,9-10,12-14H2,1-2H3,(H,22,25)(H,23,26)/p+1/t17-/m0/s1. The fourth-order valence-corrected chi connectivity index (χ4v) is 4.52. The number of benzene rings is 1. The number of hydrogen-bond donors (Lipinski definition) is 3. The topological polar surface area (TPSA) is 81.1 Å². The maximum absolute atomic E-state index is 12.3. The summed E-state index contributed by atoms with van der Waals surface area (Å²) in [7, 11) is 2.96. The van der Waals surface area contributed by atoms with Crippen molar-refractivity contribution in [1.82, 2.24) is 10.6 Å². The third kappa shape index (κ3) is 5.63. The maximum Gasteiger partial charge on any atom is 0.309 e. The van der Waals surface area contributed by atoms with Crippen LogP contribution in [-0.2, 0) is 32.0 Å². The Morgan fingerprint density at radius 1 is 1.03 bits per heavy atom. The highest BCUT2D eigenvalue weighted by molar-refractivity contribution is 7.10. The summed E-state index contributed by atoms with van der Waals surface area (Å²) >= 11 is 1.68. The summed E-state index contributed by atoms with van der Waals surface area (Å²) in [4.78, 5) is 27.0. The molecular formula is C21H28N3O4S+. The number of amides is 2. The summed E-state index contributed by atoms with van der Waals surface area (Å²) in [5.41, 5.74) is 2.75. The predicted octanol–water partition coefficient (Wildman–Crippen LogP) is 0.282. The van der Waals surface area contributed by atoms with E-state index in [9.17, 15) is 9.59 Å². The van der Waals surface area contributed by atoms with Gasteiger partial charge in [0.1, 0.15) is 12.6 Å². The summed E-state index contributed by atoms with van der Waals surface area (Å²) in [5.74, 6) is -1.33. The minimum absolute atomic E-state index is 0.103. The molecule has 7 nitrogen and oxygen atoms in total. The highest BCUT2D eigenvalue weighted by atomic mass is 32.1. The van der Waals surface area contributed by atoms with Crippen molar-refractivity contribution in [1.29, 1.82) is 0 Å². The monoisotopic (exact) mass is 418 g/mol. The molecule has 0 bridgehead atoms. The highest BCUT2D eigenvalue weighted by Crippen LogP contribution is 2.19. The van der Waals surface area contributed by atoms with Gasteiger partial charge in [-0.1, -0.05) is 30.3 Å². The first-order chi connectivity index (χ1) is 14.1. The van der Waals surface area contributed by atoms with Crippen LogP contribution in [0.5, 0.6) is 0 Å². The SMILES string of the molecule is COC(CNC(=O)C(=O)NC[C@@H](c1cccs1)[NH+]1CCc2ccccc2C1)OC. The van der Waals surface area contributed by atoms with Gasteiger partial charge in [-0.3, -0.25) is 9.59 Å². The molecule has 2 aromatic rings. The number of thiophene rings is 1. The largest absolute Gasteiger partial charge is 0.354 e. The van der Waals surface area contributed by atoms with Gasteiger partial charge in [0.25, 0.3) is 0 Å². The van der Waals surface area contributed by atoms with E-state index in [1.165, 1.54) is 35.1 Å². The second-order valence-electron chi connectivity index (χ2n) is 6.99. The van der Waals surface area contributed by atoms with E-state index in [0.29, 0.717) is 6.54 Å². The van der Waals surface area contributed by atoms with E-state index in [4.69, 9.17) is 9.47 Å². The maximum atomic E-state index is 12.3. The molecule has 1 aromatic carbocycles. The number of fused-ring (bicyclic) bond motifs is 1. The molecular weight excluding hydrogens is 390 g/mol. The van der Waals surface area contributed by atoms with Crippen molar-refractivity contribution in [3.8, 4) is 0 Å². The third-order valence-corrected chi connectivity index (χ3v) is 6.24. The quantitative estimate of drug-likeness (QED) is 0.425. The van der Waals surface area contributed by atoms with E-state index in [1.54, 1.807) is 11.3 Å². The van der Waals surface area contributed by atoms with E-state index in [2.05, 4.69) is 41.0 Å². The summed E-state index contributed by atoms with van der Waals surface area (Å²) in [5, 5.41) is 7.38. The second kappa shape index (κ2) is 10.5. The fraction of sp³-hybridized carbons (Fsp3) is 0.429. The van der Waals surface area contributed by atoms with Crippen molar-refractivity contribution in [2.24, 2.45) is 0 Å². The Labute approximate surface area is 175 Å². The van der Waals surface area contributed by atoms with Crippen LogP contribution < -0.4 is 15.5 Å². The normalized spacial score (nSPS) is 16.9. The molecule has 0 saturated carbocycles. The number of carbonyl (C=O) groups excluding carboxylic acids is 2. The molecule has 1 aliphatic rings. The van der Waals surface area contributed by atoms with Crippen LogP contribution in [0, 0.1) is 0 Å². The summed E-state index contributed by atoms with van der Waals surface area (Å²) in [6.45, 7) is 2.42. The second-order valence-corrected chi connectivity index (χ2v) is 7.97. The van der Waals surface area contributed by atoms with E-state index in [1.807, 2.05) is 11.4 Å². The van der Waals surface area contributed by atoms with Crippen LogP contribution in [0.15, 0.2) is 41.8 Å². The summed E-state index contributed by atoms with van der Waals surface area (Å²) < 4.78 is 10.0. The highest BCUT2D eigenvalue weighted by Gasteiger charge is 2.30. The fourth-order valence-electron chi connectivity index (χ4n) is 3.63. The smallest absolute Gasteiger partial charge is 0.309 e. The molecule has 2 amide bonds. The van der Waals surface area contributed by atoms with E-state index >= 15 is 0 Å². The minimum Gasteiger partial charge on any atom is -0.354 e. The van der Waals surface area contributed by atoms with Crippen molar-refractivity contribution < 1.29 is 24.0 Å². The molecule has 0 fully saturated rings. The number of nitrogens with one attached hydrogen (secondary N) is 3. The van der Waals surface area contributed by atoms with Crippen LogP contribution in [-0.4, -0.2) is 52.0 Å². The van der Waals surface area contributed by atoms with Gasteiger partial charge in [0.2, 0.25) is 0 Å². The van der Waals surface area contributed by atoms with Gasteiger partial charge in [-0.05, 0) is 17.0 Å². The molecule has 3 N–H and O–H groups in total. The molecule has 2 atom stereocenters. The van der Waals surface area contributed by atoms with Crippen LogP contribution in [0.1, 0.15) is 22.0 Å². The molecule has 0 spiro atoms. The molecule has 1 aromatic heterocycles. The number of ether oxygens (including phenoxy) is 2. The lowest BCUT2D eigenvalue weighted by molar-refractivity contribution is -0.945. The number of hydrogen-bond acceptors (Lipinski definition) is 5. The zero-order valence-electron chi connectivity index (χ0n) is 16.8. The molecule has 3 rings (SSSR count). The van der Waals surface area contributed by atoms with Crippen LogP contribution >= 0.6 is 11.3 Å². The number of methoxy groups -OCH3 is 2. The third-order valence-electron chi connectivity index (χ3n) is 5.26. The van der Waals surface area contributed by atoms with Crippen molar-refractivity contribution in [2.75, 3.05) is 33.9 Å². The van der Waals surface area contributed by atoms with Gasteiger partial charge in [-0.25, -0.2) is 0 Å². The number of rotatable bonds is 8. The summed E-state index contributed by atoms with van der Waals surface area (Å²) in [6, 6.07) is 12.7. The zero-order valence-corrected chi connectivity index (χ0v) is 17.6. The average Bonchev–Trinajstić information content (AvgIpc) is 3.28. The van der Waals surface area contributed by atoms with Gasteiger partial charge in [-0.15, -0.1) is 11.3 Å². The molecule has 0 radical (unpaired) electrons. The molecule has 0 aliphatic carbocycles. The van der Waals surface area contributed by atoms with Gasteiger partial charge in [-0.2, -0.15) is 0 Å². The Morgan fingerprint density at radius 3 is 2.38 bits per heavy atom. The molecule has 2 heterocycles. The molecule has 29 heavy (non-hydrogen) atoms. The predicted molar refractivity (Wildman–Crippen MR) is 111 cm³/mol. The van der Waals surface area contributed by atoms with Crippen LogP contribution in [0.25, 0.3) is 0 Å². The van der Waals surface area contributed by atoms with Gasteiger partial charge in [0, 0.05) is 26.2 Å². The van der Waals surface area contributed by atoms with Gasteiger partial charge in [0.05, 0.1) is 24.5 Å². The first-order valence-corrected chi connectivity index (χ1v) is 10.6. The van der Waals surface area contributed by atoms with E-state index in [0.717, 1.165) is 19.5 Å². The first-order valence-electron chi connectivity index (χ1n) is 9.68. The minimum atomic E-state index is -0.687. The first kappa shape index (κ1) is 21.4. The lowest BCUT2D eigenvalue weighted by Crippen LogP contribution is -3.12. The molecule has 1 aliphatic heterocycles. The van der Waals surface area contributed by atoms with Crippen LogP contribution in [0.2, 0.25) is 0 Å². The van der Waals surface area contributed by atoms with E-state index in [-0.39, 0.29) is 12.6 Å². The van der Waals surface area contributed by atoms with Crippen molar-refractivity contribution in [2.45, 2.75) is 25.3 Å². The molecule has 0 saturated heterocycles. The van der Waals surface area contributed by atoms with Gasteiger partial charge < -0.3 is 25.0 Å². The molecule has 156 valence electrons. The van der Waals surface area contributed by atoms with Crippen LogP contribution in [0.3, 0.4) is 0 Å². The van der Waals surface area contributed by atoms with Crippen LogP contribution in [0.4, 0.5) is 0 Å². The van der Waals surface area contributed by atoms with E-state index < -0.39 is 18.1 Å². The lowest BCUT2D eigenvalue weighted by atomic mass is 9.98. The van der Waals surface area contributed by atoms with Gasteiger partial charge in [0.15, 0.2) is 6.29 Å². The zero-order chi connectivity index (χ0) is 20.6. The van der Waals surface area contributed by atoms with Crippen molar-refractivity contribution in [3.63, 3.8) is 0 Å². The number of carbonyl (C=O) groups is 2. The lowest BCUT2D eigenvalue weighted by Gasteiger charge is -2.32. The average molecular weight is 419 g/mol.